The highest BCUT2D eigenvalue weighted by Gasteiger charge is 2.31. The SMILES string of the molecule is CCOC(=O)[C@H](C)N(c1ccccc1)c1nc(Cl)ncc1[N+](=O)[O-]. The molecule has 0 aliphatic carbocycles. The van der Waals surface area contributed by atoms with Crippen LogP contribution < -0.4 is 4.90 Å². The smallest absolute Gasteiger partial charge is 0.330 e. The minimum atomic E-state index is -0.850. The van der Waals surface area contributed by atoms with Gasteiger partial charge < -0.3 is 9.64 Å². The Morgan fingerprint density at radius 2 is 2.08 bits per heavy atom. The number of carbonyl (C=O) groups is 1. The number of aromatic nitrogens is 2. The number of para-hydroxylation sites is 1. The third-order valence-electron chi connectivity index (χ3n) is 3.19. The number of anilines is 2. The number of hydrogen-bond acceptors (Lipinski definition) is 7. The number of hydrogen-bond donors (Lipinski definition) is 0. The van der Waals surface area contributed by atoms with Crippen molar-refractivity contribution in [3.8, 4) is 0 Å². The van der Waals surface area contributed by atoms with Gasteiger partial charge in [0.25, 0.3) is 0 Å². The minimum absolute atomic E-state index is 0.0771. The standard InChI is InChI=1S/C15H15ClN4O4/c1-3-24-14(21)10(2)19(11-7-5-4-6-8-11)13-12(20(22)23)9-17-15(16)18-13/h4-10H,3H2,1-2H3/t10-/m0/s1. The van der Waals surface area contributed by atoms with E-state index in [0.29, 0.717) is 5.69 Å². The summed E-state index contributed by atoms with van der Waals surface area (Å²) in [7, 11) is 0. The van der Waals surface area contributed by atoms with E-state index in [1.165, 1.54) is 4.90 Å². The van der Waals surface area contributed by atoms with Gasteiger partial charge in [-0.3, -0.25) is 10.1 Å². The van der Waals surface area contributed by atoms with Gasteiger partial charge in [-0.1, -0.05) is 18.2 Å². The molecule has 0 bridgehead atoms. The number of benzene rings is 1. The molecule has 9 heteroatoms. The molecule has 24 heavy (non-hydrogen) atoms. The summed E-state index contributed by atoms with van der Waals surface area (Å²) < 4.78 is 5.03. The zero-order chi connectivity index (χ0) is 17.7. The summed E-state index contributed by atoms with van der Waals surface area (Å²) in [6.45, 7) is 3.45. The lowest BCUT2D eigenvalue weighted by molar-refractivity contribution is -0.384. The fourth-order valence-electron chi connectivity index (χ4n) is 2.14. The molecule has 0 spiro atoms. The monoisotopic (exact) mass is 350 g/mol. The molecule has 0 saturated heterocycles. The first-order valence-electron chi connectivity index (χ1n) is 7.13. The van der Waals surface area contributed by atoms with Crippen LogP contribution in [0.25, 0.3) is 0 Å². The summed E-state index contributed by atoms with van der Waals surface area (Å²) in [4.78, 5) is 31.9. The fraction of sp³-hybridized carbons (Fsp3) is 0.267. The lowest BCUT2D eigenvalue weighted by Gasteiger charge is -2.28. The number of halogens is 1. The molecular formula is C15H15ClN4O4. The van der Waals surface area contributed by atoms with Crippen LogP contribution in [-0.2, 0) is 9.53 Å². The number of esters is 1. The molecule has 0 N–H and O–H groups in total. The van der Waals surface area contributed by atoms with Crippen molar-refractivity contribution >= 4 is 34.8 Å². The fourth-order valence-corrected chi connectivity index (χ4v) is 2.27. The Labute approximate surface area is 143 Å². The van der Waals surface area contributed by atoms with Crippen molar-refractivity contribution in [3.63, 3.8) is 0 Å². The van der Waals surface area contributed by atoms with Crippen LogP contribution in [0, 0.1) is 10.1 Å². The molecule has 126 valence electrons. The van der Waals surface area contributed by atoms with Gasteiger partial charge in [0.2, 0.25) is 11.1 Å². The third-order valence-corrected chi connectivity index (χ3v) is 3.38. The lowest BCUT2D eigenvalue weighted by Crippen LogP contribution is -2.37. The van der Waals surface area contributed by atoms with Crippen molar-refractivity contribution in [2.45, 2.75) is 19.9 Å². The van der Waals surface area contributed by atoms with E-state index in [1.54, 1.807) is 44.2 Å². The molecule has 0 fully saturated rings. The maximum absolute atomic E-state index is 12.2. The van der Waals surface area contributed by atoms with Gasteiger partial charge in [-0.15, -0.1) is 0 Å². The summed E-state index contributed by atoms with van der Waals surface area (Å²) in [6, 6.07) is 7.84. The molecule has 0 saturated carbocycles. The Kier molecular flexibility index (Phi) is 5.64. The molecule has 1 heterocycles. The van der Waals surface area contributed by atoms with Crippen LogP contribution in [-0.4, -0.2) is 33.5 Å². The van der Waals surface area contributed by atoms with Crippen molar-refractivity contribution in [1.82, 2.24) is 9.97 Å². The van der Waals surface area contributed by atoms with E-state index in [4.69, 9.17) is 16.3 Å². The summed E-state index contributed by atoms with van der Waals surface area (Å²) in [5.74, 6) is -0.614. The van der Waals surface area contributed by atoms with E-state index in [0.717, 1.165) is 6.20 Å². The average Bonchev–Trinajstić information content (AvgIpc) is 2.56. The molecule has 0 amide bonds. The second-order valence-corrected chi connectivity index (χ2v) is 5.08. The molecule has 2 aromatic rings. The van der Waals surface area contributed by atoms with E-state index in [-0.39, 0.29) is 23.4 Å². The first kappa shape index (κ1) is 17.6. The predicted octanol–water partition coefficient (Wildman–Crippen LogP) is 3.13. The number of rotatable bonds is 6. The quantitative estimate of drug-likeness (QED) is 0.341. The zero-order valence-corrected chi connectivity index (χ0v) is 13.8. The molecule has 0 unspecified atom stereocenters. The molecule has 1 atom stereocenters. The highest BCUT2D eigenvalue weighted by atomic mass is 35.5. The maximum Gasteiger partial charge on any atom is 0.330 e. The summed E-state index contributed by atoms with van der Waals surface area (Å²) >= 11 is 5.81. The van der Waals surface area contributed by atoms with Gasteiger partial charge in [-0.05, 0) is 37.6 Å². The molecule has 1 aromatic carbocycles. The van der Waals surface area contributed by atoms with Gasteiger partial charge in [0, 0.05) is 5.69 Å². The Morgan fingerprint density at radius 3 is 2.67 bits per heavy atom. The first-order chi connectivity index (χ1) is 11.5. The second-order valence-electron chi connectivity index (χ2n) is 4.74. The number of carbonyl (C=O) groups excluding carboxylic acids is 1. The average molecular weight is 351 g/mol. The zero-order valence-electron chi connectivity index (χ0n) is 13.0. The van der Waals surface area contributed by atoms with Gasteiger partial charge in [0.1, 0.15) is 12.2 Å². The minimum Gasteiger partial charge on any atom is -0.464 e. The van der Waals surface area contributed by atoms with Crippen molar-refractivity contribution < 1.29 is 14.5 Å². The van der Waals surface area contributed by atoms with Gasteiger partial charge >= 0.3 is 11.7 Å². The third kappa shape index (κ3) is 3.77. The van der Waals surface area contributed by atoms with Crippen molar-refractivity contribution in [1.29, 1.82) is 0 Å². The van der Waals surface area contributed by atoms with E-state index < -0.39 is 16.9 Å². The summed E-state index contributed by atoms with van der Waals surface area (Å²) in [6.07, 6.45) is 1.01. The first-order valence-corrected chi connectivity index (χ1v) is 7.51. The van der Waals surface area contributed by atoms with Gasteiger partial charge in [-0.2, -0.15) is 4.98 Å². The largest absolute Gasteiger partial charge is 0.464 e. The number of nitro groups is 1. The van der Waals surface area contributed by atoms with Crippen LogP contribution in [0.1, 0.15) is 13.8 Å². The molecular weight excluding hydrogens is 336 g/mol. The van der Waals surface area contributed by atoms with E-state index in [1.807, 2.05) is 0 Å². The van der Waals surface area contributed by atoms with Crippen LogP contribution in [0.2, 0.25) is 5.28 Å². The molecule has 8 nitrogen and oxygen atoms in total. The van der Waals surface area contributed by atoms with Crippen LogP contribution in [0.4, 0.5) is 17.2 Å². The molecule has 0 aliphatic rings. The molecule has 0 radical (unpaired) electrons. The van der Waals surface area contributed by atoms with Crippen molar-refractivity contribution in [2.75, 3.05) is 11.5 Å². The van der Waals surface area contributed by atoms with E-state index in [9.17, 15) is 14.9 Å². The molecule has 0 aliphatic heterocycles. The molecule has 1 aromatic heterocycles. The van der Waals surface area contributed by atoms with Crippen molar-refractivity contribution in [2.24, 2.45) is 0 Å². The number of nitrogens with zero attached hydrogens (tertiary/aromatic N) is 4. The Hall–Kier alpha value is -2.74. The Bertz CT molecular complexity index is 742. The topological polar surface area (TPSA) is 98.5 Å². The van der Waals surface area contributed by atoms with Crippen LogP contribution in [0.3, 0.4) is 0 Å². The summed E-state index contributed by atoms with van der Waals surface area (Å²) in [5, 5.41) is 11.2. The van der Waals surface area contributed by atoms with Crippen LogP contribution >= 0.6 is 11.6 Å². The van der Waals surface area contributed by atoms with E-state index >= 15 is 0 Å². The van der Waals surface area contributed by atoms with E-state index in [2.05, 4.69) is 9.97 Å². The van der Waals surface area contributed by atoms with Gasteiger partial charge in [-0.25, -0.2) is 9.78 Å². The summed E-state index contributed by atoms with van der Waals surface area (Å²) in [5.41, 5.74) is 0.176. The Morgan fingerprint density at radius 1 is 1.42 bits per heavy atom. The predicted molar refractivity (Wildman–Crippen MR) is 88.4 cm³/mol. The van der Waals surface area contributed by atoms with Crippen LogP contribution in [0.5, 0.6) is 0 Å². The van der Waals surface area contributed by atoms with Crippen molar-refractivity contribution in [3.05, 3.63) is 51.9 Å². The van der Waals surface area contributed by atoms with Crippen LogP contribution in [0.15, 0.2) is 36.5 Å². The highest BCUT2D eigenvalue weighted by molar-refractivity contribution is 6.28. The van der Waals surface area contributed by atoms with Gasteiger partial charge in [0.15, 0.2) is 0 Å². The lowest BCUT2D eigenvalue weighted by atomic mass is 10.2. The van der Waals surface area contributed by atoms with Gasteiger partial charge in [0.05, 0.1) is 11.5 Å². The molecule has 2 rings (SSSR count). The normalized spacial score (nSPS) is 11.6. The Balaban J connectivity index is 2.61. The number of ether oxygens (including phenoxy) is 1. The maximum atomic E-state index is 12.2. The second kappa shape index (κ2) is 7.69. The highest BCUT2D eigenvalue weighted by Crippen LogP contribution is 2.34.